The molecular weight excluding hydrogens is 296 g/mol. The van der Waals surface area contributed by atoms with Gasteiger partial charge in [-0.25, -0.2) is 0 Å². The van der Waals surface area contributed by atoms with Gasteiger partial charge in [0.15, 0.2) is 0 Å². The van der Waals surface area contributed by atoms with Gasteiger partial charge < -0.3 is 9.47 Å². The standard InChI is InChI=1S/C17H14N2O4/c1-22-15-6-3-12(4-7-15)14(11-18)9-13-5-8-16(23-2)10-17(13)19(20)21/h3-10H,1-2H3/b14-9+. The van der Waals surface area contributed by atoms with Crippen LogP contribution in [0.3, 0.4) is 0 Å². The van der Waals surface area contributed by atoms with Crippen LogP contribution in [0.25, 0.3) is 11.6 Å². The van der Waals surface area contributed by atoms with Gasteiger partial charge in [-0.15, -0.1) is 0 Å². The summed E-state index contributed by atoms with van der Waals surface area (Å²) in [5.74, 6) is 1.05. The van der Waals surface area contributed by atoms with Gasteiger partial charge in [0.1, 0.15) is 11.5 Å². The fourth-order valence-electron chi connectivity index (χ4n) is 2.04. The topological polar surface area (TPSA) is 85.4 Å². The molecule has 0 unspecified atom stereocenters. The van der Waals surface area contributed by atoms with E-state index >= 15 is 0 Å². The molecular formula is C17H14N2O4. The zero-order chi connectivity index (χ0) is 16.8. The van der Waals surface area contributed by atoms with Gasteiger partial charge in [-0.05, 0) is 48.0 Å². The van der Waals surface area contributed by atoms with E-state index in [4.69, 9.17) is 9.47 Å². The summed E-state index contributed by atoms with van der Waals surface area (Å²) in [6, 6.07) is 13.5. The Morgan fingerprint density at radius 1 is 1.13 bits per heavy atom. The maximum absolute atomic E-state index is 11.2. The highest BCUT2D eigenvalue weighted by Gasteiger charge is 2.14. The van der Waals surface area contributed by atoms with E-state index in [0.717, 1.165) is 0 Å². The Morgan fingerprint density at radius 3 is 2.26 bits per heavy atom. The maximum atomic E-state index is 11.2. The van der Waals surface area contributed by atoms with E-state index in [-0.39, 0.29) is 5.69 Å². The lowest BCUT2D eigenvalue weighted by atomic mass is 10.0. The molecule has 2 rings (SSSR count). The number of nitriles is 1. The first kappa shape index (κ1) is 16.0. The largest absolute Gasteiger partial charge is 0.497 e. The van der Waals surface area contributed by atoms with Crippen molar-refractivity contribution in [2.75, 3.05) is 14.2 Å². The zero-order valence-corrected chi connectivity index (χ0v) is 12.6. The van der Waals surface area contributed by atoms with Crippen molar-refractivity contribution < 1.29 is 14.4 Å². The number of hydrogen-bond donors (Lipinski definition) is 0. The first-order valence-corrected chi connectivity index (χ1v) is 6.67. The van der Waals surface area contributed by atoms with Crippen molar-refractivity contribution in [3.8, 4) is 17.6 Å². The van der Waals surface area contributed by atoms with E-state index in [2.05, 4.69) is 6.07 Å². The summed E-state index contributed by atoms with van der Waals surface area (Å²) in [4.78, 5) is 10.7. The third kappa shape index (κ3) is 3.66. The fourth-order valence-corrected chi connectivity index (χ4v) is 2.04. The first-order valence-electron chi connectivity index (χ1n) is 6.67. The van der Waals surface area contributed by atoms with E-state index in [9.17, 15) is 15.4 Å². The van der Waals surface area contributed by atoms with Crippen LogP contribution in [-0.2, 0) is 0 Å². The van der Waals surface area contributed by atoms with E-state index in [0.29, 0.717) is 28.2 Å². The van der Waals surface area contributed by atoms with Crippen LogP contribution >= 0.6 is 0 Å². The van der Waals surface area contributed by atoms with Gasteiger partial charge in [0.2, 0.25) is 0 Å². The highest BCUT2D eigenvalue weighted by atomic mass is 16.6. The van der Waals surface area contributed by atoms with E-state index in [1.165, 1.54) is 19.3 Å². The van der Waals surface area contributed by atoms with Gasteiger partial charge >= 0.3 is 0 Å². The number of hydrogen-bond acceptors (Lipinski definition) is 5. The molecule has 6 heteroatoms. The fraction of sp³-hybridized carbons (Fsp3) is 0.118. The summed E-state index contributed by atoms with van der Waals surface area (Å²) in [5.41, 5.74) is 1.19. The van der Waals surface area contributed by atoms with Crippen LogP contribution in [0.2, 0.25) is 0 Å². The molecule has 0 N–H and O–H groups in total. The molecule has 2 aromatic carbocycles. The lowest BCUT2D eigenvalue weighted by Crippen LogP contribution is -1.94. The SMILES string of the molecule is COc1ccc(/C(C#N)=C/c2ccc(OC)cc2[N+](=O)[O-])cc1. The lowest BCUT2D eigenvalue weighted by molar-refractivity contribution is -0.385. The van der Waals surface area contributed by atoms with Crippen molar-refractivity contribution in [3.63, 3.8) is 0 Å². The molecule has 0 aliphatic heterocycles. The molecule has 0 saturated carbocycles. The molecule has 23 heavy (non-hydrogen) atoms. The monoisotopic (exact) mass is 310 g/mol. The quantitative estimate of drug-likeness (QED) is 0.364. The van der Waals surface area contributed by atoms with Crippen LogP contribution in [0.5, 0.6) is 11.5 Å². The predicted octanol–water partition coefficient (Wildman–Crippen LogP) is 3.68. The Labute approximate surface area is 133 Å². The third-order valence-electron chi connectivity index (χ3n) is 3.26. The Kier molecular flexibility index (Phi) is 4.95. The Hall–Kier alpha value is -3.33. The zero-order valence-electron chi connectivity index (χ0n) is 12.6. The van der Waals surface area contributed by atoms with Gasteiger partial charge in [-0.2, -0.15) is 5.26 Å². The smallest absolute Gasteiger partial charge is 0.280 e. The molecule has 2 aromatic rings. The average Bonchev–Trinajstić information content (AvgIpc) is 2.59. The molecule has 0 saturated heterocycles. The van der Waals surface area contributed by atoms with Crippen molar-refractivity contribution in [1.82, 2.24) is 0 Å². The molecule has 116 valence electrons. The molecule has 0 fully saturated rings. The minimum absolute atomic E-state index is 0.120. The van der Waals surface area contributed by atoms with Crippen LogP contribution < -0.4 is 9.47 Å². The number of nitro benzene ring substituents is 1. The van der Waals surface area contributed by atoms with Crippen molar-refractivity contribution in [1.29, 1.82) is 5.26 Å². The van der Waals surface area contributed by atoms with Crippen LogP contribution in [0.1, 0.15) is 11.1 Å². The van der Waals surface area contributed by atoms with Gasteiger partial charge in [0.05, 0.1) is 42.4 Å². The molecule has 0 bridgehead atoms. The van der Waals surface area contributed by atoms with Crippen LogP contribution in [-0.4, -0.2) is 19.1 Å². The van der Waals surface area contributed by atoms with Gasteiger partial charge in [-0.1, -0.05) is 0 Å². The molecule has 0 aliphatic rings. The summed E-state index contributed by atoms with van der Waals surface area (Å²) in [5, 5.41) is 20.6. The van der Waals surface area contributed by atoms with E-state index in [1.807, 2.05) is 0 Å². The predicted molar refractivity (Wildman–Crippen MR) is 86.1 cm³/mol. The van der Waals surface area contributed by atoms with Crippen LogP contribution in [0.15, 0.2) is 42.5 Å². The summed E-state index contributed by atoms with van der Waals surface area (Å²) in [6.45, 7) is 0. The van der Waals surface area contributed by atoms with Crippen molar-refractivity contribution in [3.05, 3.63) is 63.7 Å². The number of benzene rings is 2. The van der Waals surface area contributed by atoms with Gasteiger partial charge in [0, 0.05) is 0 Å². The minimum atomic E-state index is -0.503. The van der Waals surface area contributed by atoms with Gasteiger partial charge in [0.25, 0.3) is 5.69 Å². The summed E-state index contributed by atoms with van der Waals surface area (Å²) in [7, 11) is 2.99. The van der Waals surface area contributed by atoms with Crippen molar-refractivity contribution >= 4 is 17.3 Å². The normalized spacial score (nSPS) is 10.7. The van der Waals surface area contributed by atoms with Crippen molar-refractivity contribution in [2.24, 2.45) is 0 Å². The highest BCUT2D eigenvalue weighted by molar-refractivity contribution is 5.91. The molecule has 0 aliphatic carbocycles. The molecule has 6 nitrogen and oxygen atoms in total. The number of rotatable bonds is 5. The van der Waals surface area contributed by atoms with Gasteiger partial charge in [-0.3, -0.25) is 10.1 Å². The number of ether oxygens (including phenoxy) is 2. The average molecular weight is 310 g/mol. The highest BCUT2D eigenvalue weighted by Crippen LogP contribution is 2.28. The number of methoxy groups -OCH3 is 2. The Bertz CT molecular complexity index is 789. The summed E-state index contributed by atoms with van der Waals surface area (Å²) in [6.07, 6.45) is 1.49. The molecule has 0 heterocycles. The van der Waals surface area contributed by atoms with Crippen molar-refractivity contribution in [2.45, 2.75) is 0 Å². The first-order chi connectivity index (χ1) is 11.1. The summed E-state index contributed by atoms with van der Waals surface area (Å²) < 4.78 is 10.1. The molecule has 0 atom stereocenters. The van der Waals surface area contributed by atoms with E-state index < -0.39 is 4.92 Å². The second-order valence-electron chi connectivity index (χ2n) is 4.58. The Balaban J connectivity index is 2.49. The second kappa shape index (κ2) is 7.09. The number of nitro groups is 1. The maximum Gasteiger partial charge on any atom is 0.280 e. The second-order valence-corrected chi connectivity index (χ2v) is 4.58. The molecule has 0 spiro atoms. The lowest BCUT2D eigenvalue weighted by Gasteiger charge is -2.04. The number of nitrogens with zero attached hydrogens (tertiary/aromatic N) is 2. The molecule has 0 amide bonds. The van der Waals surface area contributed by atoms with E-state index in [1.54, 1.807) is 43.5 Å². The molecule has 0 radical (unpaired) electrons. The summed E-state index contributed by atoms with van der Waals surface area (Å²) >= 11 is 0. The third-order valence-corrected chi connectivity index (χ3v) is 3.26. The Morgan fingerprint density at radius 2 is 1.74 bits per heavy atom. The minimum Gasteiger partial charge on any atom is -0.497 e. The van der Waals surface area contributed by atoms with Crippen LogP contribution in [0.4, 0.5) is 5.69 Å². The molecule has 0 aromatic heterocycles. The van der Waals surface area contributed by atoms with Crippen LogP contribution in [0, 0.1) is 21.4 Å². The number of allylic oxidation sites excluding steroid dienone is 1.